The van der Waals surface area contributed by atoms with E-state index in [2.05, 4.69) is 6.07 Å². The van der Waals surface area contributed by atoms with Gasteiger partial charge in [-0.3, -0.25) is 4.79 Å². The number of nitrogens with zero attached hydrogens (tertiary/aromatic N) is 1. The Kier molecular flexibility index (Phi) is 3.02. The molecule has 1 aromatic heterocycles. The summed E-state index contributed by atoms with van der Waals surface area (Å²) in [5.41, 5.74) is 2.37. The van der Waals surface area contributed by atoms with Gasteiger partial charge in [-0.25, -0.2) is 4.79 Å². The maximum absolute atomic E-state index is 12.3. The molecule has 0 fully saturated rings. The van der Waals surface area contributed by atoms with Gasteiger partial charge in [-0.15, -0.1) is 0 Å². The first-order chi connectivity index (χ1) is 9.65. The minimum Gasteiger partial charge on any atom is -0.478 e. The summed E-state index contributed by atoms with van der Waals surface area (Å²) in [6, 6.07) is 9.27. The van der Waals surface area contributed by atoms with Gasteiger partial charge in [0.25, 0.3) is 5.91 Å². The number of hydrogen-bond donors (Lipinski definition) is 1. The van der Waals surface area contributed by atoms with Crippen LogP contribution in [-0.4, -0.2) is 28.4 Å². The standard InChI is InChI=1S/C15H13NO4/c17-14(13-7-12(9-20-13)15(18)19)16-6-5-10-3-1-2-4-11(10)8-16/h1-4,7,9H,5-6,8H2,(H,18,19). The van der Waals surface area contributed by atoms with Gasteiger partial charge < -0.3 is 14.4 Å². The van der Waals surface area contributed by atoms with E-state index < -0.39 is 5.97 Å². The normalized spacial score (nSPS) is 13.9. The van der Waals surface area contributed by atoms with Gasteiger partial charge in [-0.2, -0.15) is 0 Å². The van der Waals surface area contributed by atoms with Crippen LogP contribution in [0.15, 0.2) is 41.0 Å². The molecule has 0 atom stereocenters. The number of rotatable bonds is 2. The Morgan fingerprint density at radius 3 is 2.65 bits per heavy atom. The average molecular weight is 271 g/mol. The van der Waals surface area contributed by atoms with Gasteiger partial charge in [0.1, 0.15) is 6.26 Å². The van der Waals surface area contributed by atoms with Gasteiger partial charge in [0.15, 0.2) is 5.76 Å². The van der Waals surface area contributed by atoms with Crippen LogP contribution < -0.4 is 0 Å². The zero-order valence-electron chi connectivity index (χ0n) is 10.7. The van der Waals surface area contributed by atoms with Crippen molar-refractivity contribution in [1.29, 1.82) is 0 Å². The van der Waals surface area contributed by atoms with Crippen molar-refractivity contribution in [2.45, 2.75) is 13.0 Å². The van der Waals surface area contributed by atoms with Gasteiger partial charge >= 0.3 is 5.97 Å². The van der Waals surface area contributed by atoms with Crippen molar-refractivity contribution in [2.75, 3.05) is 6.54 Å². The monoisotopic (exact) mass is 271 g/mol. The lowest BCUT2D eigenvalue weighted by atomic mass is 10.00. The zero-order chi connectivity index (χ0) is 14.1. The summed E-state index contributed by atoms with van der Waals surface area (Å²) in [5.74, 6) is -1.30. The van der Waals surface area contributed by atoms with E-state index in [9.17, 15) is 9.59 Å². The van der Waals surface area contributed by atoms with Crippen LogP contribution in [0.1, 0.15) is 32.0 Å². The van der Waals surface area contributed by atoms with Crippen molar-refractivity contribution in [3.63, 3.8) is 0 Å². The fourth-order valence-corrected chi connectivity index (χ4v) is 2.39. The third kappa shape index (κ3) is 2.18. The van der Waals surface area contributed by atoms with Crippen molar-refractivity contribution >= 4 is 11.9 Å². The molecule has 0 saturated heterocycles. The molecule has 0 spiro atoms. The van der Waals surface area contributed by atoms with Crippen LogP contribution in [0, 0.1) is 0 Å². The Balaban J connectivity index is 1.80. The molecule has 1 N–H and O–H groups in total. The highest BCUT2D eigenvalue weighted by Gasteiger charge is 2.24. The average Bonchev–Trinajstić information content (AvgIpc) is 2.96. The maximum Gasteiger partial charge on any atom is 0.338 e. The zero-order valence-corrected chi connectivity index (χ0v) is 10.7. The largest absolute Gasteiger partial charge is 0.478 e. The van der Waals surface area contributed by atoms with Crippen LogP contribution in [0.5, 0.6) is 0 Å². The van der Waals surface area contributed by atoms with E-state index >= 15 is 0 Å². The van der Waals surface area contributed by atoms with Crippen molar-refractivity contribution in [1.82, 2.24) is 4.90 Å². The van der Waals surface area contributed by atoms with Gasteiger partial charge in [0, 0.05) is 19.2 Å². The van der Waals surface area contributed by atoms with Crippen LogP contribution in [0.2, 0.25) is 0 Å². The molecular formula is C15H13NO4. The molecule has 1 amide bonds. The molecule has 5 nitrogen and oxygen atoms in total. The van der Waals surface area contributed by atoms with Crippen LogP contribution in [0.3, 0.4) is 0 Å². The molecule has 3 rings (SSSR count). The van der Waals surface area contributed by atoms with Gasteiger partial charge in [0.05, 0.1) is 5.56 Å². The molecule has 2 heterocycles. The highest BCUT2D eigenvalue weighted by Crippen LogP contribution is 2.21. The second-order valence-electron chi connectivity index (χ2n) is 4.75. The lowest BCUT2D eigenvalue weighted by Gasteiger charge is -2.28. The van der Waals surface area contributed by atoms with Crippen LogP contribution in [0.25, 0.3) is 0 Å². The predicted octanol–water partition coefficient (Wildman–Crippen LogP) is 2.18. The topological polar surface area (TPSA) is 70.7 Å². The Hall–Kier alpha value is -2.56. The SMILES string of the molecule is O=C(O)c1coc(C(=O)N2CCc3ccccc3C2)c1. The van der Waals surface area contributed by atoms with E-state index in [-0.39, 0.29) is 17.2 Å². The second kappa shape index (κ2) is 4.85. The summed E-state index contributed by atoms with van der Waals surface area (Å²) in [4.78, 5) is 24.7. The molecule has 1 aromatic carbocycles. The van der Waals surface area contributed by atoms with Gasteiger partial charge in [-0.05, 0) is 17.5 Å². The molecule has 20 heavy (non-hydrogen) atoms. The highest BCUT2D eigenvalue weighted by atomic mass is 16.4. The first-order valence-electron chi connectivity index (χ1n) is 6.33. The fourth-order valence-electron chi connectivity index (χ4n) is 2.39. The number of furan rings is 1. The predicted molar refractivity (Wildman–Crippen MR) is 70.6 cm³/mol. The molecule has 0 saturated carbocycles. The molecule has 0 radical (unpaired) electrons. The highest BCUT2D eigenvalue weighted by molar-refractivity contribution is 5.95. The van der Waals surface area contributed by atoms with Gasteiger partial charge in [0.2, 0.25) is 0 Å². The number of aromatic carboxylic acids is 1. The van der Waals surface area contributed by atoms with Crippen molar-refractivity contribution in [3.05, 3.63) is 59.0 Å². The number of carbonyl (C=O) groups is 2. The first kappa shape index (κ1) is 12.5. The third-order valence-electron chi connectivity index (χ3n) is 3.48. The number of hydrogen-bond acceptors (Lipinski definition) is 3. The quantitative estimate of drug-likeness (QED) is 0.908. The number of carbonyl (C=O) groups excluding carboxylic acids is 1. The number of amides is 1. The maximum atomic E-state index is 12.3. The molecule has 0 aliphatic carbocycles. The van der Waals surface area contributed by atoms with Crippen molar-refractivity contribution in [2.24, 2.45) is 0 Å². The molecule has 102 valence electrons. The number of benzene rings is 1. The molecule has 0 unspecified atom stereocenters. The summed E-state index contributed by atoms with van der Waals surface area (Å²) >= 11 is 0. The molecular weight excluding hydrogens is 258 g/mol. The first-order valence-corrected chi connectivity index (χ1v) is 6.33. The summed E-state index contributed by atoms with van der Waals surface area (Å²) in [7, 11) is 0. The lowest BCUT2D eigenvalue weighted by Crippen LogP contribution is -2.35. The minimum atomic E-state index is -1.10. The van der Waals surface area contributed by atoms with E-state index in [1.807, 2.05) is 18.2 Å². The van der Waals surface area contributed by atoms with Crippen LogP contribution >= 0.6 is 0 Å². The van der Waals surface area contributed by atoms with Crippen LogP contribution in [0.4, 0.5) is 0 Å². The summed E-state index contributed by atoms with van der Waals surface area (Å²) in [6.45, 7) is 1.14. The lowest BCUT2D eigenvalue weighted by molar-refractivity contribution is 0.0690. The van der Waals surface area contributed by atoms with Crippen molar-refractivity contribution < 1.29 is 19.1 Å². The molecule has 1 aliphatic rings. The summed E-state index contributed by atoms with van der Waals surface area (Å²) in [5, 5.41) is 8.84. The number of fused-ring (bicyclic) bond motifs is 1. The summed E-state index contributed by atoms with van der Waals surface area (Å²) in [6.07, 6.45) is 1.89. The Morgan fingerprint density at radius 2 is 1.95 bits per heavy atom. The fraction of sp³-hybridized carbons (Fsp3) is 0.200. The molecule has 2 aromatic rings. The summed E-state index contributed by atoms with van der Waals surface area (Å²) < 4.78 is 5.06. The van der Waals surface area contributed by atoms with Crippen LogP contribution in [-0.2, 0) is 13.0 Å². The van der Waals surface area contributed by atoms with Crippen molar-refractivity contribution in [3.8, 4) is 0 Å². The Labute approximate surface area is 115 Å². The van der Waals surface area contributed by atoms with E-state index in [4.69, 9.17) is 9.52 Å². The smallest absolute Gasteiger partial charge is 0.338 e. The number of carboxylic acid groups (broad SMARTS) is 1. The third-order valence-corrected chi connectivity index (χ3v) is 3.48. The van der Waals surface area contributed by atoms with E-state index in [1.54, 1.807) is 4.90 Å². The Morgan fingerprint density at radius 1 is 1.20 bits per heavy atom. The van der Waals surface area contributed by atoms with E-state index in [1.165, 1.54) is 11.6 Å². The van der Waals surface area contributed by atoms with Gasteiger partial charge in [-0.1, -0.05) is 24.3 Å². The molecule has 0 bridgehead atoms. The Bertz CT molecular complexity index is 674. The number of carboxylic acids is 1. The van der Waals surface area contributed by atoms with E-state index in [0.29, 0.717) is 13.1 Å². The minimum absolute atomic E-state index is 0.00856. The molecule has 1 aliphatic heterocycles. The second-order valence-corrected chi connectivity index (χ2v) is 4.75. The molecule has 5 heteroatoms. The van der Waals surface area contributed by atoms with E-state index in [0.717, 1.165) is 18.2 Å².